The van der Waals surface area contributed by atoms with E-state index in [1.807, 2.05) is 6.07 Å². The Labute approximate surface area is 132 Å². The first-order chi connectivity index (χ1) is 10.8. The topological polar surface area (TPSA) is 30.5 Å². The van der Waals surface area contributed by atoms with E-state index in [9.17, 15) is 0 Å². The molecule has 3 heteroatoms. The first-order valence-electron chi connectivity index (χ1n) is 7.78. The highest BCUT2D eigenvalue weighted by atomic mass is 16.5. The fourth-order valence-corrected chi connectivity index (χ4v) is 3.34. The molecule has 1 N–H and O–H groups in total. The summed E-state index contributed by atoms with van der Waals surface area (Å²) in [5.41, 5.74) is 2.73. The fourth-order valence-electron chi connectivity index (χ4n) is 3.34. The van der Waals surface area contributed by atoms with E-state index in [0.29, 0.717) is 11.8 Å². The van der Waals surface area contributed by atoms with Crippen LogP contribution in [0.1, 0.15) is 17.0 Å². The van der Waals surface area contributed by atoms with Crippen molar-refractivity contribution in [1.29, 1.82) is 0 Å². The third kappa shape index (κ3) is 3.09. The summed E-state index contributed by atoms with van der Waals surface area (Å²) in [6.07, 6.45) is 1.10. The van der Waals surface area contributed by atoms with Crippen LogP contribution < -0.4 is 14.8 Å². The van der Waals surface area contributed by atoms with Crippen molar-refractivity contribution < 1.29 is 9.47 Å². The fraction of sp³-hybridized carbons (Fsp3) is 0.368. The number of hydrogen-bond donors (Lipinski definition) is 1. The monoisotopic (exact) mass is 297 g/mol. The van der Waals surface area contributed by atoms with Crippen molar-refractivity contribution >= 4 is 0 Å². The predicted octanol–water partition coefficient (Wildman–Crippen LogP) is 3.25. The first kappa shape index (κ1) is 14.9. The van der Waals surface area contributed by atoms with Gasteiger partial charge in [0.05, 0.1) is 14.2 Å². The minimum absolute atomic E-state index is 0.514. The molecular formula is C19H23NO2. The summed E-state index contributed by atoms with van der Waals surface area (Å²) in [6, 6.07) is 17.0. The molecule has 1 saturated heterocycles. The molecular weight excluding hydrogens is 274 g/mol. The number of hydrogen-bond acceptors (Lipinski definition) is 3. The summed E-state index contributed by atoms with van der Waals surface area (Å²) in [4.78, 5) is 0. The maximum Gasteiger partial charge on any atom is 0.160 e. The average molecular weight is 297 g/mol. The number of benzene rings is 2. The molecule has 22 heavy (non-hydrogen) atoms. The highest BCUT2D eigenvalue weighted by Crippen LogP contribution is 2.36. The third-order valence-electron chi connectivity index (χ3n) is 4.52. The maximum atomic E-state index is 5.44. The lowest BCUT2D eigenvalue weighted by Crippen LogP contribution is -2.14. The smallest absolute Gasteiger partial charge is 0.160 e. The van der Waals surface area contributed by atoms with E-state index in [2.05, 4.69) is 47.8 Å². The summed E-state index contributed by atoms with van der Waals surface area (Å²) in [6.45, 7) is 2.08. The van der Waals surface area contributed by atoms with E-state index < -0.39 is 0 Å². The van der Waals surface area contributed by atoms with E-state index in [0.717, 1.165) is 31.0 Å². The molecule has 0 saturated carbocycles. The largest absolute Gasteiger partial charge is 0.493 e. The Balaban J connectivity index is 1.81. The second-order valence-corrected chi connectivity index (χ2v) is 5.83. The zero-order valence-corrected chi connectivity index (χ0v) is 13.2. The van der Waals surface area contributed by atoms with Crippen molar-refractivity contribution in [3.63, 3.8) is 0 Å². The Kier molecular flexibility index (Phi) is 4.64. The molecule has 1 fully saturated rings. The van der Waals surface area contributed by atoms with Crippen LogP contribution in [-0.2, 0) is 6.42 Å². The molecule has 2 aromatic carbocycles. The molecule has 3 rings (SSSR count). The number of rotatable bonds is 5. The quantitative estimate of drug-likeness (QED) is 0.919. The van der Waals surface area contributed by atoms with Gasteiger partial charge in [0.1, 0.15) is 0 Å². The molecule has 0 aliphatic carbocycles. The standard InChI is InChI=1S/C19H23NO2/c1-21-18-9-8-15(11-19(18)22-2)17-13-20-12-16(17)10-14-6-4-3-5-7-14/h3-9,11,16-17,20H,10,12-13H2,1-2H3/t16-,17-/m1/s1. The lowest BCUT2D eigenvalue weighted by Gasteiger charge is -2.20. The Hall–Kier alpha value is -2.00. The Morgan fingerprint density at radius 1 is 0.955 bits per heavy atom. The summed E-state index contributed by atoms with van der Waals surface area (Å²) in [5.74, 6) is 2.72. The Bertz CT molecular complexity index is 612. The van der Waals surface area contributed by atoms with Crippen LogP contribution in [0.25, 0.3) is 0 Å². The molecule has 3 nitrogen and oxygen atoms in total. The Morgan fingerprint density at radius 2 is 1.73 bits per heavy atom. The second kappa shape index (κ2) is 6.84. The minimum atomic E-state index is 0.514. The highest BCUT2D eigenvalue weighted by molar-refractivity contribution is 5.44. The molecule has 0 bridgehead atoms. The van der Waals surface area contributed by atoms with Gasteiger partial charge < -0.3 is 14.8 Å². The van der Waals surface area contributed by atoms with E-state index in [4.69, 9.17) is 9.47 Å². The molecule has 1 aliphatic rings. The maximum absolute atomic E-state index is 5.44. The van der Waals surface area contributed by atoms with Gasteiger partial charge in [0.2, 0.25) is 0 Å². The predicted molar refractivity (Wildman–Crippen MR) is 88.8 cm³/mol. The lowest BCUT2D eigenvalue weighted by molar-refractivity contribution is 0.354. The van der Waals surface area contributed by atoms with Gasteiger partial charge in [-0.3, -0.25) is 0 Å². The normalized spacial score (nSPS) is 20.8. The molecule has 0 spiro atoms. The van der Waals surface area contributed by atoms with Crippen molar-refractivity contribution in [2.75, 3.05) is 27.3 Å². The van der Waals surface area contributed by atoms with Crippen molar-refractivity contribution in [3.8, 4) is 11.5 Å². The molecule has 2 aromatic rings. The average Bonchev–Trinajstić information content (AvgIpc) is 3.03. The summed E-state index contributed by atoms with van der Waals surface area (Å²) in [7, 11) is 3.36. The van der Waals surface area contributed by atoms with E-state index in [1.165, 1.54) is 11.1 Å². The first-order valence-corrected chi connectivity index (χ1v) is 7.78. The molecule has 0 unspecified atom stereocenters. The molecule has 2 atom stereocenters. The van der Waals surface area contributed by atoms with E-state index >= 15 is 0 Å². The van der Waals surface area contributed by atoms with Gasteiger partial charge in [0, 0.05) is 12.5 Å². The van der Waals surface area contributed by atoms with Gasteiger partial charge in [-0.1, -0.05) is 36.4 Å². The Morgan fingerprint density at radius 3 is 2.45 bits per heavy atom. The SMILES string of the molecule is COc1ccc([C@H]2CNC[C@H]2Cc2ccccc2)cc1OC. The van der Waals surface area contributed by atoms with Crippen molar-refractivity contribution in [1.82, 2.24) is 5.32 Å². The van der Waals surface area contributed by atoms with Gasteiger partial charge in [-0.2, -0.15) is 0 Å². The van der Waals surface area contributed by atoms with Crippen molar-refractivity contribution in [3.05, 3.63) is 59.7 Å². The number of methoxy groups -OCH3 is 2. The molecule has 0 radical (unpaired) electrons. The van der Waals surface area contributed by atoms with Gasteiger partial charge in [0.15, 0.2) is 11.5 Å². The van der Waals surface area contributed by atoms with Gasteiger partial charge in [0.25, 0.3) is 0 Å². The van der Waals surface area contributed by atoms with Gasteiger partial charge in [-0.25, -0.2) is 0 Å². The van der Waals surface area contributed by atoms with Crippen LogP contribution in [0.3, 0.4) is 0 Å². The zero-order valence-electron chi connectivity index (χ0n) is 13.2. The van der Waals surface area contributed by atoms with Crippen molar-refractivity contribution in [2.45, 2.75) is 12.3 Å². The number of nitrogens with one attached hydrogen (secondary N) is 1. The number of ether oxygens (including phenoxy) is 2. The molecule has 116 valence electrons. The van der Waals surface area contributed by atoms with Gasteiger partial charge in [-0.05, 0) is 42.1 Å². The second-order valence-electron chi connectivity index (χ2n) is 5.83. The van der Waals surface area contributed by atoms with E-state index in [1.54, 1.807) is 14.2 Å². The van der Waals surface area contributed by atoms with Crippen LogP contribution in [0.4, 0.5) is 0 Å². The van der Waals surface area contributed by atoms with Crippen LogP contribution in [0.15, 0.2) is 48.5 Å². The molecule has 0 aromatic heterocycles. The zero-order chi connectivity index (χ0) is 15.4. The van der Waals surface area contributed by atoms with E-state index in [-0.39, 0.29) is 0 Å². The molecule has 1 aliphatic heterocycles. The summed E-state index contributed by atoms with van der Waals surface area (Å²) in [5, 5.41) is 3.54. The van der Waals surface area contributed by atoms with Gasteiger partial charge >= 0.3 is 0 Å². The van der Waals surface area contributed by atoms with Crippen LogP contribution >= 0.6 is 0 Å². The molecule has 1 heterocycles. The third-order valence-corrected chi connectivity index (χ3v) is 4.52. The van der Waals surface area contributed by atoms with Crippen LogP contribution in [0.2, 0.25) is 0 Å². The van der Waals surface area contributed by atoms with Gasteiger partial charge in [-0.15, -0.1) is 0 Å². The van der Waals surface area contributed by atoms with Crippen LogP contribution in [-0.4, -0.2) is 27.3 Å². The minimum Gasteiger partial charge on any atom is -0.493 e. The highest BCUT2D eigenvalue weighted by Gasteiger charge is 2.29. The van der Waals surface area contributed by atoms with Crippen LogP contribution in [0, 0.1) is 5.92 Å². The molecule has 0 amide bonds. The summed E-state index contributed by atoms with van der Waals surface area (Å²) < 4.78 is 10.8. The van der Waals surface area contributed by atoms with Crippen molar-refractivity contribution in [2.24, 2.45) is 5.92 Å². The lowest BCUT2D eigenvalue weighted by atomic mass is 9.84. The summed E-state index contributed by atoms with van der Waals surface area (Å²) >= 11 is 0. The van der Waals surface area contributed by atoms with Crippen LogP contribution in [0.5, 0.6) is 11.5 Å².